The highest BCUT2D eigenvalue weighted by Crippen LogP contribution is 2.46. The van der Waals surface area contributed by atoms with Crippen LogP contribution in [0.15, 0.2) is 28.7 Å². The maximum atomic E-state index is 13.8. The van der Waals surface area contributed by atoms with Gasteiger partial charge in [0, 0.05) is 24.0 Å². The third-order valence-corrected chi connectivity index (χ3v) is 6.18. The van der Waals surface area contributed by atoms with E-state index in [1.165, 1.54) is 0 Å². The number of rotatable bonds is 4. The summed E-state index contributed by atoms with van der Waals surface area (Å²) in [5, 5.41) is 9.48. The van der Waals surface area contributed by atoms with Gasteiger partial charge in [0.25, 0.3) is 5.91 Å². The van der Waals surface area contributed by atoms with Crippen molar-refractivity contribution in [1.82, 2.24) is 15.1 Å². The lowest BCUT2D eigenvalue weighted by atomic mass is 9.97. The van der Waals surface area contributed by atoms with Crippen molar-refractivity contribution in [2.24, 2.45) is 0 Å². The Labute approximate surface area is 184 Å². The zero-order valence-corrected chi connectivity index (χ0v) is 18.0. The summed E-state index contributed by atoms with van der Waals surface area (Å²) in [7, 11) is 0. The SMILES string of the molecule is O=C(NC[C@@H]1CCCO1)c1nn2c(c1Cl)N[C@H](c1ccc(Br)cc1)C[C@@H]2C(F)(F)F. The highest BCUT2D eigenvalue weighted by Gasteiger charge is 2.47. The lowest BCUT2D eigenvalue weighted by Gasteiger charge is -2.33. The third kappa shape index (κ3) is 4.31. The molecule has 3 atom stereocenters. The highest BCUT2D eigenvalue weighted by molar-refractivity contribution is 9.10. The first kappa shape index (κ1) is 21.5. The standard InChI is InChI=1S/C19H19BrClF3N4O2/c20-11-5-3-10(4-6-11)13-8-14(19(22,23)24)28-17(26-13)15(21)16(27-28)18(29)25-9-12-2-1-7-30-12/h3-6,12-14,26H,1-2,7-9H2,(H,25,29)/t12-,13-,14+/m0/s1. The van der Waals surface area contributed by atoms with Gasteiger partial charge in [0.15, 0.2) is 11.7 Å². The van der Waals surface area contributed by atoms with Gasteiger partial charge in [0.1, 0.15) is 10.8 Å². The molecule has 1 saturated heterocycles. The molecule has 1 fully saturated rings. The molecule has 162 valence electrons. The van der Waals surface area contributed by atoms with Crippen molar-refractivity contribution in [3.63, 3.8) is 0 Å². The number of anilines is 1. The largest absolute Gasteiger partial charge is 0.410 e. The Morgan fingerprint density at radius 2 is 2.10 bits per heavy atom. The van der Waals surface area contributed by atoms with Crippen molar-refractivity contribution in [3.8, 4) is 0 Å². The molecule has 0 bridgehead atoms. The van der Waals surface area contributed by atoms with E-state index in [-0.39, 0.29) is 35.6 Å². The normalized spacial score (nSPS) is 23.7. The second-order valence-electron chi connectivity index (χ2n) is 7.34. The first-order valence-electron chi connectivity index (χ1n) is 9.50. The smallest absolute Gasteiger partial charge is 0.376 e. The van der Waals surface area contributed by atoms with Crippen LogP contribution in [0.3, 0.4) is 0 Å². The van der Waals surface area contributed by atoms with E-state index in [0.29, 0.717) is 12.2 Å². The topological polar surface area (TPSA) is 68.2 Å². The molecule has 2 aromatic rings. The minimum absolute atomic E-state index is 0.0135. The number of halogens is 5. The lowest BCUT2D eigenvalue weighted by Crippen LogP contribution is -2.36. The van der Waals surface area contributed by atoms with Crippen LogP contribution in [0.1, 0.15) is 47.4 Å². The van der Waals surface area contributed by atoms with Crippen molar-refractivity contribution in [3.05, 3.63) is 45.0 Å². The Hall–Kier alpha value is -1.78. The van der Waals surface area contributed by atoms with Gasteiger partial charge in [-0.05, 0) is 30.5 Å². The summed E-state index contributed by atoms with van der Waals surface area (Å²) in [4.78, 5) is 12.5. The van der Waals surface area contributed by atoms with Crippen LogP contribution >= 0.6 is 27.5 Å². The van der Waals surface area contributed by atoms with E-state index < -0.39 is 24.2 Å². The van der Waals surface area contributed by atoms with Gasteiger partial charge < -0.3 is 15.4 Å². The molecule has 6 nitrogen and oxygen atoms in total. The number of nitrogens with zero attached hydrogens (tertiary/aromatic N) is 2. The van der Waals surface area contributed by atoms with E-state index in [4.69, 9.17) is 16.3 Å². The average Bonchev–Trinajstić information content (AvgIpc) is 3.33. The summed E-state index contributed by atoms with van der Waals surface area (Å²) < 4.78 is 48.5. The predicted molar refractivity (Wildman–Crippen MR) is 109 cm³/mol. The van der Waals surface area contributed by atoms with E-state index in [9.17, 15) is 18.0 Å². The molecule has 0 aliphatic carbocycles. The zero-order chi connectivity index (χ0) is 21.5. The second-order valence-corrected chi connectivity index (χ2v) is 8.64. The summed E-state index contributed by atoms with van der Waals surface area (Å²) in [6.45, 7) is 0.893. The Kier molecular flexibility index (Phi) is 6.00. The van der Waals surface area contributed by atoms with Crippen molar-refractivity contribution in [1.29, 1.82) is 0 Å². The molecule has 4 rings (SSSR count). The van der Waals surface area contributed by atoms with Gasteiger partial charge >= 0.3 is 6.18 Å². The van der Waals surface area contributed by atoms with Crippen LogP contribution < -0.4 is 10.6 Å². The average molecular weight is 508 g/mol. The molecular weight excluding hydrogens is 489 g/mol. The van der Waals surface area contributed by atoms with Crippen molar-refractivity contribution in [2.45, 2.75) is 43.6 Å². The fourth-order valence-corrected chi connectivity index (χ4v) is 4.27. The predicted octanol–water partition coefficient (Wildman–Crippen LogP) is 4.87. The molecule has 0 spiro atoms. The van der Waals surface area contributed by atoms with Crippen molar-refractivity contribution in [2.75, 3.05) is 18.5 Å². The number of amides is 1. The monoisotopic (exact) mass is 506 g/mol. The van der Waals surface area contributed by atoms with Gasteiger partial charge in [-0.3, -0.25) is 4.79 Å². The van der Waals surface area contributed by atoms with E-state index >= 15 is 0 Å². The van der Waals surface area contributed by atoms with Gasteiger partial charge in [-0.1, -0.05) is 39.7 Å². The zero-order valence-electron chi connectivity index (χ0n) is 15.7. The highest BCUT2D eigenvalue weighted by atomic mass is 79.9. The Bertz CT molecular complexity index is 929. The summed E-state index contributed by atoms with van der Waals surface area (Å²) in [5.41, 5.74) is 0.447. The molecule has 0 unspecified atom stereocenters. The van der Waals surface area contributed by atoms with E-state index in [2.05, 4.69) is 31.7 Å². The molecule has 30 heavy (non-hydrogen) atoms. The van der Waals surface area contributed by atoms with Crippen LogP contribution in [-0.4, -0.2) is 41.1 Å². The molecule has 0 radical (unpaired) electrons. The number of ether oxygens (including phenoxy) is 1. The fourth-order valence-electron chi connectivity index (χ4n) is 3.74. The number of carbonyl (C=O) groups is 1. The van der Waals surface area contributed by atoms with Gasteiger partial charge in [-0.25, -0.2) is 4.68 Å². The van der Waals surface area contributed by atoms with Crippen LogP contribution in [0.2, 0.25) is 5.02 Å². The van der Waals surface area contributed by atoms with Crippen LogP contribution in [0.25, 0.3) is 0 Å². The first-order chi connectivity index (χ1) is 14.2. The molecule has 1 aromatic heterocycles. The minimum Gasteiger partial charge on any atom is -0.376 e. The number of fused-ring (bicyclic) bond motifs is 1. The minimum atomic E-state index is -4.55. The van der Waals surface area contributed by atoms with Crippen LogP contribution in [-0.2, 0) is 4.74 Å². The van der Waals surface area contributed by atoms with Gasteiger partial charge in [0.05, 0.1) is 12.1 Å². The summed E-state index contributed by atoms with van der Waals surface area (Å²) >= 11 is 9.63. The Morgan fingerprint density at radius 3 is 2.73 bits per heavy atom. The molecular formula is C19H19BrClF3N4O2. The van der Waals surface area contributed by atoms with Crippen LogP contribution in [0, 0.1) is 0 Å². The number of nitrogens with one attached hydrogen (secondary N) is 2. The molecule has 11 heteroatoms. The van der Waals surface area contributed by atoms with Gasteiger partial charge in [-0.2, -0.15) is 18.3 Å². The number of carbonyl (C=O) groups excluding carboxylic acids is 1. The Morgan fingerprint density at radius 1 is 1.37 bits per heavy atom. The molecule has 1 aromatic carbocycles. The quantitative estimate of drug-likeness (QED) is 0.620. The number of hydrogen-bond acceptors (Lipinski definition) is 4. The van der Waals surface area contributed by atoms with Crippen molar-refractivity contribution >= 4 is 39.3 Å². The fraction of sp³-hybridized carbons (Fsp3) is 0.474. The number of benzene rings is 1. The molecule has 2 aliphatic heterocycles. The van der Waals surface area contributed by atoms with Gasteiger partial charge in [-0.15, -0.1) is 0 Å². The Balaban J connectivity index is 1.62. The molecule has 3 heterocycles. The third-order valence-electron chi connectivity index (χ3n) is 5.30. The number of hydrogen-bond donors (Lipinski definition) is 2. The maximum absolute atomic E-state index is 13.8. The number of alkyl halides is 3. The first-order valence-corrected chi connectivity index (χ1v) is 10.7. The molecule has 0 saturated carbocycles. The summed E-state index contributed by atoms with van der Waals surface area (Å²) in [6, 6.07) is 4.47. The second kappa shape index (κ2) is 8.39. The van der Waals surface area contributed by atoms with Gasteiger partial charge in [0.2, 0.25) is 0 Å². The lowest BCUT2D eigenvalue weighted by molar-refractivity contribution is -0.173. The van der Waals surface area contributed by atoms with Crippen molar-refractivity contribution < 1.29 is 22.7 Å². The molecule has 1 amide bonds. The maximum Gasteiger partial charge on any atom is 0.410 e. The molecule has 2 aliphatic rings. The molecule has 2 N–H and O–H groups in total. The summed E-state index contributed by atoms with van der Waals surface area (Å²) in [5.74, 6) is -0.638. The van der Waals surface area contributed by atoms with E-state index in [0.717, 1.165) is 22.0 Å². The van der Waals surface area contributed by atoms with Crippen LogP contribution in [0.5, 0.6) is 0 Å². The summed E-state index contributed by atoms with van der Waals surface area (Å²) in [6.07, 6.45) is -3.19. The van der Waals surface area contributed by atoms with E-state index in [1.54, 1.807) is 24.3 Å². The number of aromatic nitrogens is 2. The van der Waals surface area contributed by atoms with E-state index in [1.807, 2.05) is 0 Å². The van der Waals surface area contributed by atoms with Crippen LogP contribution in [0.4, 0.5) is 19.0 Å².